The molecule has 0 bridgehead atoms. The summed E-state index contributed by atoms with van der Waals surface area (Å²) in [5.74, 6) is 0. The number of aryl methyl sites for hydroxylation is 3. The van der Waals surface area contributed by atoms with Crippen LogP contribution < -0.4 is 0 Å². The zero-order valence-corrected chi connectivity index (χ0v) is 11.5. The normalized spacial score (nSPS) is 10.4. The molecular formula is C16H15ClO. The number of carbonyl (C=O) groups is 1. The van der Waals surface area contributed by atoms with E-state index in [1.165, 1.54) is 5.56 Å². The maximum absolute atomic E-state index is 11.5. The van der Waals surface area contributed by atoms with Crippen molar-refractivity contribution in [1.29, 1.82) is 0 Å². The third-order valence-corrected chi connectivity index (χ3v) is 3.29. The molecule has 0 spiro atoms. The number of benzene rings is 2. The molecule has 2 heteroatoms. The van der Waals surface area contributed by atoms with Crippen molar-refractivity contribution in [1.82, 2.24) is 0 Å². The van der Waals surface area contributed by atoms with E-state index in [2.05, 4.69) is 32.9 Å². The monoisotopic (exact) mass is 258 g/mol. The second-order valence-electron chi connectivity index (χ2n) is 4.59. The summed E-state index contributed by atoms with van der Waals surface area (Å²) < 4.78 is 0. The van der Waals surface area contributed by atoms with Crippen LogP contribution in [-0.2, 0) is 0 Å². The minimum atomic E-state index is -0.412. The standard InChI is InChI=1S/C16H15ClO/c1-10-8-11(2)15(12(3)9-10)13-6-4-5-7-14(13)16(17)18/h4-9H,1-3H3. The van der Waals surface area contributed by atoms with Crippen molar-refractivity contribution in [3.05, 3.63) is 58.7 Å². The molecule has 0 atom stereocenters. The van der Waals surface area contributed by atoms with E-state index in [-0.39, 0.29) is 0 Å². The highest BCUT2D eigenvalue weighted by molar-refractivity contribution is 6.68. The number of hydrogen-bond acceptors (Lipinski definition) is 1. The lowest BCUT2D eigenvalue weighted by Gasteiger charge is -2.13. The van der Waals surface area contributed by atoms with Crippen molar-refractivity contribution < 1.29 is 4.79 Å². The topological polar surface area (TPSA) is 17.1 Å². The summed E-state index contributed by atoms with van der Waals surface area (Å²) in [4.78, 5) is 11.5. The van der Waals surface area contributed by atoms with Gasteiger partial charge in [-0.25, -0.2) is 0 Å². The lowest BCUT2D eigenvalue weighted by Crippen LogP contribution is -1.97. The number of carbonyl (C=O) groups excluding carboxylic acids is 1. The number of hydrogen-bond donors (Lipinski definition) is 0. The summed E-state index contributed by atoms with van der Waals surface area (Å²) in [6, 6.07) is 11.7. The Bertz CT molecular complexity index is 591. The van der Waals surface area contributed by atoms with Gasteiger partial charge in [-0.2, -0.15) is 0 Å². The van der Waals surface area contributed by atoms with E-state index >= 15 is 0 Å². The molecule has 0 heterocycles. The molecule has 92 valence electrons. The van der Waals surface area contributed by atoms with Crippen LogP contribution >= 0.6 is 11.6 Å². The van der Waals surface area contributed by atoms with E-state index in [0.29, 0.717) is 5.56 Å². The number of rotatable bonds is 2. The van der Waals surface area contributed by atoms with Gasteiger partial charge in [0.05, 0.1) is 0 Å². The fraction of sp³-hybridized carbons (Fsp3) is 0.188. The summed E-state index contributed by atoms with van der Waals surface area (Å²) in [6.07, 6.45) is 0. The molecule has 0 radical (unpaired) electrons. The van der Waals surface area contributed by atoms with Crippen LogP contribution in [0.2, 0.25) is 0 Å². The highest BCUT2D eigenvalue weighted by Gasteiger charge is 2.13. The molecule has 0 aromatic heterocycles. The van der Waals surface area contributed by atoms with Crippen molar-refractivity contribution in [3.63, 3.8) is 0 Å². The first-order valence-corrected chi connectivity index (χ1v) is 6.25. The second-order valence-corrected chi connectivity index (χ2v) is 4.94. The predicted molar refractivity (Wildman–Crippen MR) is 76.3 cm³/mol. The van der Waals surface area contributed by atoms with Gasteiger partial charge in [0, 0.05) is 5.56 Å². The summed E-state index contributed by atoms with van der Waals surface area (Å²) in [5.41, 5.74) is 6.13. The van der Waals surface area contributed by atoms with Gasteiger partial charge in [0.25, 0.3) is 5.24 Å². The Kier molecular flexibility index (Phi) is 3.53. The molecular weight excluding hydrogens is 244 g/mol. The van der Waals surface area contributed by atoms with E-state index in [4.69, 9.17) is 11.6 Å². The second kappa shape index (κ2) is 4.95. The van der Waals surface area contributed by atoms with Crippen LogP contribution in [0.5, 0.6) is 0 Å². The molecule has 0 amide bonds. The molecule has 2 rings (SSSR count). The maximum atomic E-state index is 11.5. The zero-order chi connectivity index (χ0) is 13.3. The van der Waals surface area contributed by atoms with Crippen molar-refractivity contribution >= 4 is 16.8 Å². The maximum Gasteiger partial charge on any atom is 0.253 e. The predicted octanol–water partition coefficient (Wildman–Crippen LogP) is 4.66. The van der Waals surface area contributed by atoms with Crippen molar-refractivity contribution in [2.75, 3.05) is 0 Å². The fourth-order valence-electron chi connectivity index (χ4n) is 2.48. The summed E-state index contributed by atoms with van der Waals surface area (Å²) in [5, 5.41) is -0.412. The quantitative estimate of drug-likeness (QED) is 0.716. The van der Waals surface area contributed by atoms with E-state index in [1.807, 2.05) is 18.2 Å². The molecule has 0 aliphatic heterocycles. The first kappa shape index (κ1) is 12.8. The average molecular weight is 259 g/mol. The van der Waals surface area contributed by atoms with Gasteiger partial charge in [-0.3, -0.25) is 4.79 Å². The Labute approximate surface area is 112 Å². The molecule has 0 aliphatic carbocycles. The van der Waals surface area contributed by atoms with E-state index in [9.17, 15) is 4.79 Å². The van der Waals surface area contributed by atoms with Crippen molar-refractivity contribution in [3.8, 4) is 11.1 Å². The van der Waals surface area contributed by atoms with Gasteiger partial charge in [0.2, 0.25) is 0 Å². The van der Waals surface area contributed by atoms with Gasteiger partial charge in [0.15, 0.2) is 0 Å². The lowest BCUT2D eigenvalue weighted by molar-refractivity contribution is 0.108. The fourth-order valence-corrected chi connectivity index (χ4v) is 2.64. The first-order valence-electron chi connectivity index (χ1n) is 5.88. The van der Waals surface area contributed by atoms with Crippen LogP contribution in [0.1, 0.15) is 27.0 Å². The molecule has 0 aliphatic rings. The lowest BCUT2D eigenvalue weighted by atomic mass is 9.91. The van der Waals surface area contributed by atoms with Crippen molar-refractivity contribution in [2.45, 2.75) is 20.8 Å². The summed E-state index contributed by atoms with van der Waals surface area (Å²) >= 11 is 5.66. The molecule has 0 N–H and O–H groups in total. The highest BCUT2D eigenvalue weighted by Crippen LogP contribution is 2.31. The van der Waals surface area contributed by atoms with Gasteiger partial charge in [0.1, 0.15) is 0 Å². The van der Waals surface area contributed by atoms with Crippen LogP contribution in [0, 0.1) is 20.8 Å². The third kappa shape index (κ3) is 2.32. The smallest absolute Gasteiger partial charge is 0.253 e. The third-order valence-electron chi connectivity index (χ3n) is 3.09. The summed E-state index contributed by atoms with van der Waals surface area (Å²) in [6.45, 7) is 6.19. The Morgan fingerprint density at radius 3 is 2.11 bits per heavy atom. The molecule has 0 saturated carbocycles. The van der Waals surface area contributed by atoms with Gasteiger partial charge in [-0.1, -0.05) is 35.9 Å². The zero-order valence-electron chi connectivity index (χ0n) is 10.8. The van der Waals surface area contributed by atoms with Gasteiger partial charge < -0.3 is 0 Å². The Morgan fingerprint density at radius 1 is 1.00 bits per heavy atom. The van der Waals surface area contributed by atoms with Crippen LogP contribution in [0.25, 0.3) is 11.1 Å². The SMILES string of the molecule is Cc1cc(C)c(-c2ccccc2C(=O)Cl)c(C)c1. The minimum absolute atomic E-state index is 0.412. The van der Waals surface area contributed by atoms with Gasteiger partial charge >= 0.3 is 0 Å². The molecule has 0 unspecified atom stereocenters. The van der Waals surface area contributed by atoms with Crippen LogP contribution in [-0.4, -0.2) is 5.24 Å². The average Bonchev–Trinajstić information content (AvgIpc) is 2.28. The molecule has 1 nitrogen and oxygen atoms in total. The van der Waals surface area contributed by atoms with Crippen molar-refractivity contribution in [2.24, 2.45) is 0 Å². The largest absolute Gasteiger partial charge is 0.276 e. The number of halogens is 1. The van der Waals surface area contributed by atoms with Crippen LogP contribution in [0.4, 0.5) is 0 Å². The van der Waals surface area contributed by atoms with Gasteiger partial charge in [-0.05, 0) is 60.7 Å². The first-order chi connectivity index (χ1) is 8.50. The molecule has 18 heavy (non-hydrogen) atoms. The Morgan fingerprint density at radius 2 is 1.56 bits per heavy atom. The molecule has 0 saturated heterocycles. The summed E-state index contributed by atoms with van der Waals surface area (Å²) in [7, 11) is 0. The minimum Gasteiger partial charge on any atom is -0.276 e. The molecule has 2 aromatic carbocycles. The van der Waals surface area contributed by atoms with E-state index < -0.39 is 5.24 Å². The molecule has 0 fully saturated rings. The van der Waals surface area contributed by atoms with E-state index in [0.717, 1.165) is 22.3 Å². The highest BCUT2D eigenvalue weighted by atomic mass is 35.5. The van der Waals surface area contributed by atoms with Gasteiger partial charge in [-0.15, -0.1) is 0 Å². The van der Waals surface area contributed by atoms with E-state index in [1.54, 1.807) is 6.07 Å². The van der Waals surface area contributed by atoms with Crippen LogP contribution in [0.15, 0.2) is 36.4 Å². The molecule has 2 aromatic rings. The Balaban J connectivity index is 2.74. The Hall–Kier alpha value is -1.60. The van der Waals surface area contributed by atoms with Crippen LogP contribution in [0.3, 0.4) is 0 Å².